The molecule has 4 atom stereocenters. The SMILES string of the molecule is CCN1C(=O)[C@@H]2[C@H](c3ccc(N(C)C)cc3)N[C@@](CC)(C(=O)OC)[C@H]2C1=O. The highest BCUT2D eigenvalue weighted by atomic mass is 16.5. The van der Waals surface area contributed by atoms with Gasteiger partial charge in [-0.25, -0.2) is 0 Å². The van der Waals surface area contributed by atoms with Crippen molar-refractivity contribution in [2.45, 2.75) is 31.8 Å². The zero-order chi connectivity index (χ0) is 19.9. The van der Waals surface area contributed by atoms with E-state index < -0.39 is 29.4 Å². The summed E-state index contributed by atoms with van der Waals surface area (Å²) in [5.74, 6) is -2.37. The summed E-state index contributed by atoms with van der Waals surface area (Å²) in [6.07, 6.45) is 0.365. The first-order chi connectivity index (χ1) is 12.8. The van der Waals surface area contributed by atoms with Crippen LogP contribution >= 0.6 is 0 Å². The van der Waals surface area contributed by atoms with Gasteiger partial charge >= 0.3 is 5.97 Å². The van der Waals surface area contributed by atoms with Crippen molar-refractivity contribution in [2.75, 3.05) is 32.6 Å². The second kappa shape index (κ2) is 6.96. The highest BCUT2D eigenvalue weighted by molar-refractivity contribution is 6.09. The van der Waals surface area contributed by atoms with E-state index in [2.05, 4.69) is 5.32 Å². The fraction of sp³-hybridized carbons (Fsp3) is 0.550. The number of ether oxygens (including phenoxy) is 1. The summed E-state index contributed by atoms with van der Waals surface area (Å²) < 4.78 is 5.03. The minimum Gasteiger partial charge on any atom is -0.468 e. The van der Waals surface area contributed by atoms with E-state index in [1.807, 2.05) is 50.2 Å². The Morgan fingerprint density at radius 2 is 1.81 bits per heavy atom. The second-order valence-corrected chi connectivity index (χ2v) is 7.35. The molecule has 2 amide bonds. The molecule has 2 saturated heterocycles. The van der Waals surface area contributed by atoms with Gasteiger partial charge in [0.1, 0.15) is 5.54 Å². The number of amides is 2. The van der Waals surface area contributed by atoms with Gasteiger partial charge in [-0.15, -0.1) is 0 Å². The van der Waals surface area contributed by atoms with Crippen molar-refractivity contribution in [3.8, 4) is 0 Å². The van der Waals surface area contributed by atoms with Gasteiger partial charge in [-0.3, -0.25) is 24.6 Å². The number of hydrogen-bond donors (Lipinski definition) is 1. The quantitative estimate of drug-likeness (QED) is 0.620. The van der Waals surface area contributed by atoms with Gasteiger partial charge in [-0.2, -0.15) is 0 Å². The molecule has 1 aromatic rings. The van der Waals surface area contributed by atoms with Crippen LogP contribution in [0.1, 0.15) is 31.9 Å². The van der Waals surface area contributed by atoms with Crippen LogP contribution in [0.25, 0.3) is 0 Å². The number of fused-ring (bicyclic) bond motifs is 1. The summed E-state index contributed by atoms with van der Waals surface area (Å²) in [4.78, 5) is 42.0. The van der Waals surface area contributed by atoms with Gasteiger partial charge in [0.15, 0.2) is 0 Å². The number of esters is 1. The third-order valence-electron chi connectivity index (χ3n) is 5.94. The summed E-state index contributed by atoms with van der Waals surface area (Å²) in [6, 6.07) is 7.40. The lowest BCUT2D eigenvalue weighted by atomic mass is 9.78. The molecule has 0 spiro atoms. The Morgan fingerprint density at radius 3 is 2.30 bits per heavy atom. The summed E-state index contributed by atoms with van der Waals surface area (Å²) in [5, 5.41) is 3.32. The van der Waals surface area contributed by atoms with E-state index in [0.717, 1.165) is 11.3 Å². The Balaban J connectivity index is 2.09. The number of rotatable bonds is 5. The number of hydrogen-bond acceptors (Lipinski definition) is 6. The van der Waals surface area contributed by atoms with E-state index in [9.17, 15) is 14.4 Å². The zero-order valence-corrected chi connectivity index (χ0v) is 16.5. The lowest BCUT2D eigenvalue weighted by molar-refractivity contribution is -0.154. The first kappa shape index (κ1) is 19.4. The summed E-state index contributed by atoms with van der Waals surface area (Å²) in [6.45, 7) is 3.92. The standard InChI is InChI=1S/C20H27N3O4/c1-6-20(19(26)27-5)15-14(17(24)23(7-2)18(15)25)16(21-20)12-8-10-13(11-9-12)22(3)4/h8-11,14-16,21H,6-7H2,1-5H3/t14-,15+,16-,20+/m0/s1. The molecule has 7 heteroatoms. The van der Waals surface area contributed by atoms with Crippen LogP contribution < -0.4 is 10.2 Å². The largest absolute Gasteiger partial charge is 0.468 e. The van der Waals surface area contributed by atoms with Gasteiger partial charge in [-0.1, -0.05) is 19.1 Å². The topological polar surface area (TPSA) is 79.0 Å². The third kappa shape index (κ3) is 2.72. The maximum atomic E-state index is 13.0. The smallest absolute Gasteiger partial charge is 0.326 e. The number of nitrogens with one attached hydrogen (secondary N) is 1. The van der Waals surface area contributed by atoms with Crippen molar-refractivity contribution in [1.29, 1.82) is 0 Å². The van der Waals surface area contributed by atoms with Crippen LogP contribution in [0.3, 0.4) is 0 Å². The lowest BCUT2D eigenvalue weighted by Gasteiger charge is -2.31. The second-order valence-electron chi connectivity index (χ2n) is 7.35. The van der Waals surface area contributed by atoms with Gasteiger partial charge in [0, 0.05) is 32.4 Å². The molecule has 3 rings (SSSR count). The molecule has 0 bridgehead atoms. The number of benzene rings is 1. The number of methoxy groups -OCH3 is 1. The Labute approximate surface area is 159 Å². The van der Waals surface area contributed by atoms with E-state index in [1.54, 1.807) is 6.92 Å². The van der Waals surface area contributed by atoms with Crippen LogP contribution in [0.2, 0.25) is 0 Å². The molecule has 27 heavy (non-hydrogen) atoms. The van der Waals surface area contributed by atoms with Crippen molar-refractivity contribution in [2.24, 2.45) is 11.8 Å². The average Bonchev–Trinajstić information content (AvgIpc) is 3.15. The maximum Gasteiger partial charge on any atom is 0.326 e. The third-order valence-corrected chi connectivity index (χ3v) is 5.94. The molecule has 0 radical (unpaired) electrons. The molecular weight excluding hydrogens is 346 g/mol. The zero-order valence-electron chi connectivity index (χ0n) is 16.5. The Morgan fingerprint density at radius 1 is 1.19 bits per heavy atom. The molecule has 0 aliphatic carbocycles. The lowest BCUT2D eigenvalue weighted by Crippen LogP contribution is -2.55. The number of nitrogens with zero attached hydrogens (tertiary/aromatic N) is 2. The number of anilines is 1. The molecule has 1 aromatic carbocycles. The average molecular weight is 373 g/mol. The summed E-state index contributed by atoms with van der Waals surface area (Å²) >= 11 is 0. The number of carbonyl (C=O) groups excluding carboxylic acids is 3. The van der Waals surface area contributed by atoms with E-state index >= 15 is 0 Å². The van der Waals surface area contributed by atoms with Crippen molar-refractivity contribution in [1.82, 2.24) is 10.2 Å². The highest BCUT2D eigenvalue weighted by Crippen LogP contribution is 2.50. The highest BCUT2D eigenvalue weighted by Gasteiger charge is 2.67. The van der Waals surface area contributed by atoms with E-state index in [-0.39, 0.29) is 11.8 Å². The van der Waals surface area contributed by atoms with Gasteiger partial charge in [0.25, 0.3) is 0 Å². The molecule has 2 aliphatic rings. The fourth-order valence-electron chi connectivity index (χ4n) is 4.48. The Kier molecular flexibility index (Phi) is 4.99. The van der Waals surface area contributed by atoms with E-state index in [1.165, 1.54) is 12.0 Å². The Bertz CT molecular complexity index is 761. The first-order valence-corrected chi connectivity index (χ1v) is 9.31. The minimum absolute atomic E-state index is 0.221. The summed E-state index contributed by atoms with van der Waals surface area (Å²) in [5.41, 5.74) is 0.724. The number of imide groups is 1. The van der Waals surface area contributed by atoms with E-state index in [0.29, 0.717) is 13.0 Å². The molecule has 2 aliphatic heterocycles. The fourth-order valence-corrected chi connectivity index (χ4v) is 4.48. The normalized spacial score (nSPS) is 29.8. The van der Waals surface area contributed by atoms with Crippen LogP contribution in [-0.4, -0.2) is 56.0 Å². The van der Waals surface area contributed by atoms with Crippen LogP contribution in [-0.2, 0) is 19.1 Å². The molecule has 2 heterocycles. The van der Waals surface area contributed by atoms with Gasteiger partial charge in [-0.05, 0) is 31.0 Å². The van der Waals surface area contributed by atoms with Crippen molar-refractivity contribution < 1.29 is 19.1 Å². The molecular formula is C20H27N3O4. The van der Waals surface area contributed by atoms with Crippen LogP contribution in [0.15, 0.2) is 24.3 Å². The van der Waals surface area contributed by atoms with E-state index in [4.69, 9.17) is 4.74 Å². The molecule has 7 nitrogen and oxygen atoms in total. The number of carbonyl (C=O) groups is 3. The molecule has 1 N–H and O–H groups in total. The molecule has 146 valence electrons. The van der Waals surface area contributed by atoms with Gasteiger partial charge in [0.05, 0.1) is 18.9 Å². The Hall–Kier alpha value is -2.41. The first-order valence-electron chi connectivity index (χ1n) is 9.31. The van der Waals surface area contributed by atoms with Gasteiger partial charge in [0.2, 0.25) is 11.8 Å². The number of likely N-dealkylation sites (tertiary alicyclic amines) is 1. The minimum atomic E-state index is -1.19. The molecule has 0 unspecified atom stereocenters. The van der Waals surface area contributed by atoms with Gasteiger partial charge < -0.3 is 9.64 Å². The van der Waals surface area contributed by atoms with Crippen molar-refractivity contribution in [3.63, 3.8) is 0 Å². The van der Waals surface area contributed by atoms with Crippen LogP contribution in [0.4, 0.5) is 5.69 Å². The van der Waals surface area contributed by atoms with Crippen LogP contribution in [0.5, 0.6) is 0 Å². The van der Waals surface area contributed by atoms with Crippen LogP contribution in [0, 0.1) is 11.8 Å². The maximum absolute atomic E-state index is 13.0. The van der Waals surface area contributed by atoms with Crippen molar-refractivity contribution >= 4 is 23.5 Å². The predicted molar refractivity (Wildman–Crippen MR) is 101 cm³/mol. The predicted octanol–water partition coefficient (Wildman–Crippen LogP) is 1.34. The monoisotopic (exact) mass is 373 g/mol. The molecule has 2 fully saturated rings. The van der Waals surface area contributed by atoms with Crippen molar-refractivity contribution in [3.05, 3.63) is 29.8 Å². The molecule has 0 saturated carbocycles. The summed E-state index contributed by atoms with van der Waals surface area (Å²) in [7, 11) is 5.22. The molecule has 0 aromatic heterocycles.